The lowest BCUT2D eigenvalue weighted by Crippen LogP contribution is -2.40. The lowest BCUT2D eigenvalue weighted by Gasteiger charge is -2.17. The average Bonchev–Trinajstić information content (AvgIpc) is 3.27. The molecule has 0 saturated carbocycles. The van der Waals surface area contributed by atoms with Crippen molar-refractivity contribution in [3.8, 4) is 0 Å². The van der Waals surface area contributed by atoms with Crippen LogP contribution in [-0.2, 0) is 27.4 Å². The van der Waals surface area contributed by atoms with Crippen molar-refractivity contribution in [2.24, 2.45) is 0 Å². The van der Waals surface area contributed by atoms with Gasteiger partial charge in [-0.05, 0) is 31.0 Å². The lowest BCUT2D eigenvalue weighted by atomic mass is 10.1. The third-order valence-corrected chi connectivity index (χ3v) is 5.14. The number of nitrogens with one attached hydrogen (secondary N) is 1. The maximum atomic E-state index is 13.1. The van der Waals surface area contributed by atoms with Crippen molar-refractivity contribution in [3.05, 3.63) is 51.7 Å². The third-order valence-electron chi connectivity index (χ3n) is 4.32. The van der Waals surface area contributed by atoms with Crippen molar-refractivity contribution in [2.45, 2.75) is 32.5 Å². The predicted octanol–water partition coefficient (Wildman–Crippen LogP) is 2.07. The minimum absolute atomic E-state index is 0.0149. The number of aryl methyl sites for hydroxylation is 1. The van der Waals surface area contributed by atoms with Gasteiger partial charge in [-0.25, -0.2) is 9.37 Å². The average molecular weight is 391 g/mol. The van der Waals surface area contributed by atoms with Crippen LogP contribution in [0.2, 0.25) is 0 Å². The second-order valence-corrected chi connectivity index (χ2v) is 7.56. The van der Waals surface area contributed by atoms with Crippen molar-refractivity contribution in [2.75, 3.05) is 19.6 Å². The van der Waals surface area contributed by atoms with E-state index in [0.717, 1.165) is 17.1 Å². The summed E-state index contributed by atoms with van der Waals surface area (Å²) < 4.78 is 19.0. The highest BCUT2D eigenvalue weighted by Crippen LogP contribution is 2.16. The molecule has 0 radical (unpaired) electrons. The van der Waals surface area contributed by atoms with Crippen molar-refractivity contribution in [1.82, 2.24) is 15.2 Å². The Labute approximate surface area is 161 Å². The summed E-state index contributed by atoms with van der Waals surface area (Å²) in [6, 6.07) is 5.87. The highest BCUT2D eigenvalue weighted by molar-refractivity contribution is 7.09. The Hall–Kier alpha value is -2.32. The fraction of sp³-hybridized carbons (Fsp3) is 0.421. The first-order chi connectivity index (χ1) is 13.0. The van der Waals surface area contributed by atoms with Crippen LogP contribution in [0.5, 0.6) is 0 Å². The van der Waals surface area contributed by atoms with Gasteiger partial charge in [0.15, 0.2) is 0 Å². The molecule has 0 bridgehead atoms. The smallest absolute Gasteiger partial charge is 0.242 e. The van der Waals surface area contributed by atoms with Gasteiger partial charge in [0.05, 0.1) is 36.4 Å². The van der Waals surface area contributed by atoms with Gasteiger partial charge in [0, 0.05) is 18.5 Å². The van der Waals surface area contributed by atoms with E-state index in [4.69, 9.17) is 4.74 Å². The van der Waals surface area contributed by atoms with E-state index in [-0.39, 0.29) is 36.7 Å². The Balaban J connectivity index is 1.37. The third kappa shape index (κ3) is 5.83. The zero-order valence-electron chi connectivity index (χ0n) is 15.1. The van der Waals surface area contributed by atoms with Gasteiger partial charge in [-0.3, -0.25) is 9.59 Å². The summed E-state index contributed by atoms with van der Waals surface area (Å²) in [5.74, 6) is -0.828. The number of carbonyl (C=O) groups is 2. The second kappa shape index (κ2) is 9.05. The monoisotopic (exact) mass is 391 g/mol. The van der Waals surface area contributed by atoms with Gasteiger partial charge in [-0.1, -0.05) is 12.1 Å². The number of carbonyl (C=O) groups excluding carboxylic acids is 2. The molecule has 1 fully saturated rings. The number of aromatic nitrogens is 1. The number of hydrogen-bond donors (Lipinski definition) is 1. The van der Waals surface area contributed by atoms with Gasteiger partial charge >= 0.3 is 0 Å². The molecule has 6 nitrogen and oxygen atoms in total. The van der Waals surface area contributed by atoms with E-state index in [1.807, 2.05) is 12.3 Å². The molecule has 1 unspecified atom stereocenters. The van der Waals surface area contributed by atoms with Gasteiger partial charge in [0.2, 0.25) is 11.8 Å². The number of rotatable bonds is 7. The van der Waals surface area contributed by atoms with Crippen LogP contribution >= 0.6 is 11.3 Å². The highest BCUT2D eigenvalue weighted by Gasteiger charge is 2.27. The molecular weight excluding hydrogens is 369 g/mol. The van der Waals surface area contributed by atoms with Crippen LogP contribution in [-0.4, -0.2) is 47.4 Å². The molecule has 2 heterocycles. The predicted molar refractivity (Wildman–Crippen MR) is 99.7 cm³/mol. The molecule has 1 aromatic heterocycles. The summed E-state index contributed by atoms with van der Waals surface area (Å²) in [7, 11) is 0. The van der Waals surface area contributed by atoms with E-state index in [0.29, 0.717) is 25.3 Å². The van der Waals surface area contributed by atoms with Crippen LogP contribution in [0.15, 0.2) is 29.6 Å². The maximum absolute atomic E-state index is 13.1. The quantitative estimate of drug-likeness (QED) is 0.784. The van der Waals surface area contributed by atoms with Gasteiger partial charge in [0.1, 0.15) is 5.82 Å². The van der Waals surface area contributed by atoms with E-state index in [1.54, 1.807) is 28.4 Å². The van der Waals surface area contributed by atoms with Gasteiger partial charge in [-0.15, -0.1) is 11.3 Å². The van der Waals surface area contributed by atoms with E-state index in [9.17, 15) is 14.0 Å². The molecule has 2 amide bonds. The second-order valence-electron chi connectivity index (χ2n) is 6.50. The van der Waals surface area contributed by atoms with Gasteiger partial charge in [-0.2, -0.15) is 0 Å². The summed E-state index contributed by atoms with van der Waals surface area (Å²) >= 11 is 1.59. The van der Waals surface area contributed by atoms with Crippen LogP contribution in [0.4, 0.5) is 4.39 Å². The van der Waals surface area contributed by atoms with Crippen molar-refractivity contribution < 1.29 is 18.7 Å². The number of amides is 2. The molecule has 1 aliphatic heterocycles. The molecule has 1 N–H and O–H groups in total. The fourth-order valence-electron chi connectivity index (χ4n) is 2.95. The molecule has 0 spiro atoms. The van der Waals surface area contributed by atoms with E-state index < -0.39 is 0 Å². The van der Waals surface area contributed by atoms with E-state index in [2.05, 4.69) is 10.3 Å². The first kappa shape index (κ1) is 19.4. The molecular formula is C19H22FN3O3S. The lowest BCUT2D eigenvalue weighted by molar-refractivity contribution is -0.132. The number of ether oxygens (including phenoxy) is 1. The van der Waals surface area contributed by atoms with Gasteiger partial charge < -0.3 is 15.0 Å². The topological polar surface area (TPSA) is 71.5 Å². The van der Waals surface area contributed by atoms with Crippen molar-refractivity contribution >= 4 is 23.2 Å². The van der Waals surface area contributed by atoms with Crippen LogP contribution < -0.4 is 5.32 Å². The van der Waals surface area contributed by atoms with Gasteiger partial charge in [0.25, 0.3) is 0 Å². The number of nitrogens with zero attached hydrogens (tertiary/aromatic N) is 2. The number of halogens is 1. The van der Waals surface area contributed by atoms with Crippen LogP contribution in [0, 0.1) is 12.7 Å². The molecule has 3 rings (SSSR count). The number of hydrogen-bond acceptors (Lipinski definition) is 5. The summed E-state index contributed by atoms with van der Waals surface area (Å²) in [6.45, 7) is 3.46. The number of likely N-dealkylation sites (tertiary alicyclic amines) is 1. The number of thiazole rings is 1. The Morgan fingerprint density at radius 2 is 2.30 bits per heavy atom. The summed E-state index contributed by atoms with van der Waals surface area (Å²) in [5.41, 5.74) is 1.48. The maximum Gasteiger partial charge on any atom is 0.242 e. The largest absolute Gasteiger partial charge is 0.370 e. The van der Waals surface area contributed by atoms with Crippen molar-refractivity contribution in [1.29, 1.82) is 0 Å². The molecule has 1 atom stereocenters. The summed E-state index contributed by atoms with van der Waals surface area (Å²) in [6.07, 6.45) is 0.801. The minimum atomic E-state index is -0.382. The molecule has 1 aliphatic rings. The first-order valence-corrected chi connectivity index (χ1v) is 9.69. The zero-order valence-corrected chi connectivity index (χ0v) is 15.9. The molecule has 1 aromatic carbocycles. The van der Waals surface area contributed by atoms with Crippen LogP contribution in [0.25, 0.3) is 0 Å². The minimum Gasteiger partial charge on any atom is -0.370 e. The zero-order chi connectivity index (χ0) is 19.2. The molecule has 144 valence electrons. The van der Waals surface area contributed by atoms with Crippen LogP contribution in [0.3, 0.4) is 0 Å². The number of benzene rings is 1. The summed E-state index contributed by atoms with van der Waals surface area (Å²) in [4.78, 5) is 30.2. The van der Waals surface area contributed by atoms with E-state index in [1.165, 1.54) is 12.1 Å². The first-order valence-electron chi connectivity index (χ1n) is 8.81. The van der Waals surface area contributed by atoms with Crippen molar-refractivity contribution in [3.63, 3.8) is 0 Å². The molecule has 0 aliphatic carbocycles. The summed E-state index contributed by atoms with van der Waals surface area (Å²) in [5, 5.41) is 5.58. The molecule has 8 heteroatoms. The Morgan fingerprint density at radius 3 is 3.04 bits per heavy atom. The standard InChI is InChI=1S/C19H22FN3O3S/c1-13-22-16(12-27-13)11-26-17-5-6-23(10-17)19(25)9-21-18(24)8-14-3-2-4-15(20)7-14/h2-4,7,12,17H,5-6,8-11H2,1H3,(H,21,24). The Bertz CT molecular complexity index is 811. The van der Waals surface area contributed by atoms with Crippen LogP contribution in [0.1, 0.15) is 22.7 Å². The fourth-order valence-corrected chi connectivity index (χ4v) is 3.55. The SMILES string of the molecule is Cc1nc(COC2CCN(C(=O)CNC(=O)Cc3cccc(F)c3)C2)cs1. The highest BCUT2D eigenvalue weighted by atomic mass is 32.1. The molecule has 2 aromatic rings. The van der Waals surface area contributed by atoms with E-state index >= 15 is 0 Å². The molecule has 1 saturated heterocycles. The Morgan fingerprint density at radius 1 is 1.44 bits per heavy atom. The normalized spacial score (nSPS) is 16.5. The molecule has 27 heavy (non-hydrogen) atoms. The Kier molecular flexibility index (Phi) is 6.52.